The van der Waals surface area contributed by atoms with E-state index in [9.17, 15) is 14.9 Å². The molecule has 0 atom stereocenters. The third-order valence-electron chi connectivity index (χ3n) is 4.21. The van der Waals surface area contributed by atoms with Crippen LogP contribution >= 0.6 is 11.3 Å². The molecule has 6 nitrogen and oxygen atoms in total. The summed E-state index contributed by atoms with van der Waals surface area (Å²) in [6, 6.07) is 8.34. The number of non-ortho nitro benzene ring substituents is 1. The van der Waals surface area contributed by atoms with Gasteiger partial charge in [-0.15, -0.1) is 0 Å². The van der Waals surface area contributed by atoms with Gasteiger partial charge in [0.2, 0.25) is 5.91 Å². The maximum Gasteiger partial charge on any atom is 0.269 e. The fourth-order valence-electron chi connectivity index (χ4n) is 2.82. The number of rotatable bonds is 5. The average Bonchev–Trinajstić information content (AvgIpc) is 3.09. The van der Waals surface area contributed by atoms with E-state index in [0.29, 0.717) is 6.42 Å². The molecule has 2 heterocycles. The number of nitro benzene ring substituents is 1. The second-order valence-electron chi connectivity index (χ2n) is 5.89. The normalized spacial score (nSPS) is 15.4. The van der Waals surface area contributed by atoms with Crippen LogP contribution in [0.15, 0.2) is 41.1 Å². The van der Waals surface area contributed by atoms with Gasteiger partial charge in [-0.1, -0.05) is 12.1 Å². The molecule has 0 N–H and O–H groups in total. The molecule has 126 valence electrons. The number of benzene rings is 1. The topological polar surface area (TPSA) is 66.7 Å². The van der Waals surface area contributed by atoms with Gasteiger partial charge < -0.3 is 4.90 Å². The highest BCUT2D eigenvalue weighted by Crippen LogP contribution is 2.15. The van der Waals surface area contributed by atoms with Crippen molar-refractivity contribution in [1.29, 1.82) is 0 Å². The third-order valence-corrected chi connectivity index (χ3v) is 4.95. The Bertz CT molecular complexity index is 692. The Balaban J connectivity index is 1.49. The first-order chi connectivity index (χ1) is 11.6. The highest BCUT2D eigenvalue weighted by molar-refractivity contribution is 7.07. The molecule has 0 unspecified atom stereocenters. The molecule has 24 heavy (non-hydrogen) atoms. The maximum atomic E-state index is 12.4. The van der Waals surface area contributed by atoms with Gasteiger partial charge in [-0.05, 0) is 28.0 Å². The summed E-state index contributed by atoms with van der Waals surface area (Å²) in [6.45, 7) is 4.16. The number of carbonyl (C=O) groups excluding carboxylic acids is 1. The van der Waals surface area contributed by atoms with Crippen LogP contribution in [0.4, 0.5) is 5.69 Å². The van der Waals surface area contributed by atoms with Crippen molar-refractivity contribution in [3.8, 4) is 0 Å². The van der Waals surface area contributed by atoms with Gasteiger partial charge in [-0.2, -0.15) is 11.3 Å². The first kappa shape index (κ1) is 16.6. The van der Waals surface area contributed by atoms with Crippen LogP contribution in [-0.4, -0.2) is 46.8 Å². The molecule has 0 radical (unpaired) electrons. The fraction of sp³-hybridized carbons (Fsp3) is 0.353. The number of nitrogens with zero attached hydrogens (tertiary/aromatic N) is 3. The quantitative estimate of drug-likeness (QED) is 0.617. The molecule has 1 aliphatic heterocycles. The summed E-state index contributed by atoms with van der Waals surface area (Å²) in [5, 5.41) is 14.9. The molecule has 7 heteroatoms. The van der Waals surface area contributed by atoms with Crippen molar-refractivity contribution in [3.05, 3.63) is 62.3 Å². The number of amides is 1. The second kappa shape index (κ2) is 7.55. The summed E-state index contributed by atoms with van der Waals surface area (Å²) in [7, 11) is 0. The SMILES string of the molecule is O=C(Cc1ccc([N+](=O)[O-])cc1)N1CCN(Cc2ccsc2)CC1. The molecule has 0 bridgehead atoms. The van der Waals surface area contributed by atoms with Crippen LogP contribution in [-0.2, 0) is 17.8 Å². The molecular formula is C17H19N3O3S. The zero-order valence-corrected chi connectivity index (χ0v) is 14.1. The van der Waals surface area contributed by atoms with Gasteiger partial charge in [0.05, 0.1) is 11.3 Å². The molecular weight excluding hydrogens is 326 g/mol. The van der Waals surface area contributed by atoms with Crippen molar-refractivity contribution in [1.82, 2.24) is 9.80 Å². The number of hydrogen-bond donors (Lipinski definition) is 0. The standard InChI is InChI=1S/C17H19N3O3S/c21-17(11-14-1-3-16(4-2-14)20(22)23)19-8-6-18(7-9-19)12-15-5-10-24-13-15/h1-5,10,13H,6-9,11-12H2. The highest BCUT2D eigenvalue weighted by atomic mass is 32.1. The van der Waals surface area contributed by atoms with E-state index in [4.69, 9.17) is 0 Å². The van der Waals surface area contributed by atoms with Gasteiger partial charge in [-0.3, -0.25) is 19.8 Å². The Hall–Kier alpha value is -2.25. The fourth-order valence-corrected chi connectivity index (χ4v) is 3.48. The zero-order chi connectivity index (χ0) is 16.9. The zero-order valence-electron chi connectivity index (χ0n) is 13.3. The van der Waals surface area contributed by atoms with E-state index in [1.165, 1.54) is 17.7 Å². The minimum absolute atomic E-state index is 0.0493. The van der Waals surface area contributed by atoms with Gasteiger partial charge in [0.15, 0.2) is 0 Å². The van der Waals surface area contributed by atoms with E-state index in [-0.39, 0.29) is 11.6 Å². The first-order valence-electron chi connectivity index (χ1n) is 7.86. The van der Waals surface area contributed by atoms with Crippen LogP contribution in [0.3, 0.4) is 0 Å². The molecule has 3 rings (SSSR count). The largest absolute Gasteiger partial charge is 0.340 e. The van der Waals surface area contributed by atoms with Gasteiger partial charge in [-0.25, -0.2) is 0 Å². The lowest BCUT2D eigenvalue weighted by Gasteiger charge is -2.34. The predicted molar refractivity (Wildman–Crippen MR) is 93.0 cm³/mol. The Morgan fingerprint density at radius 2 is 1.79 bits per heavy atom. The van der Waals surface area contributed by atoms with Crippen molar-refractivity contribution < 1.29 is 9.72 Å². The number of hydrogen-bond acceptors (Lipinski definition) is 5. The summed E-state index contributed by atoms with van der Waals surface area (Å²) in [6.07, 6.45) is 0.294. The lowest BCUT2D eigenvalue weighted by molar-refractivity contribution is -0.384. The second-order valence-corrected chi connectivity index (χ2v) is 6.67. The average molecular weight is 345 g/mol. The molecule has 0 saturated carbocycles. The Kier molecular flexibility index (Phi) is 5.22. The van der Waals surface area contributed by atoms with Gasteiger partial charge in [0.1, 0.15) is 0 Å². The van der Waals surface area contributed by atoms with Gasteiger partial charge in [0.25, 0.3) is 5.69 Å². The summed E-state index contributed by atoms with van der Waals surface area (Å²) in [4.78, 5) is 26.8. The van der Waals surface area contributed by atoms with E-state index >= 15 is 0 Å². The Labute approximate surface area is 144 Å². The molecule has 1 aliphatic rings. The number of thiophene rings is 1. The smallest absolute Gasteiger partial charge is 0.269 e. The van der Waals surface area contributed by atoms with Crippen molar-refractivity contribution in [3.63, 3.8) is 0 Å². The monoisotopic (exact) mass is 345 g/mol. The molecule has 1 amide bonds. The third kappa shape index (κ3) is 4.18. The molecule has 1 fully saturated rings. The minimum Gasteiger partial charge on any atom is -0.340 e. The van der Waals surface area contributed by atoms with E-state index in [1.54, 1.807) is 23.5 Å². The number of carbonyl (C=O) groups is 1. The van der Waals surface area contributed by atoms with Gasteiger partial charge in [0, 0.05) is 44.9 Å². The van der Waals surface area contributed by atoms with Crippen molar-refractivity contribution in [2.24, 2.45) is 0 Å². The van der Waals surface area contributed by atoms with Crippen molar-refractivity contribution in [2.45, 2.75) is 13.0 Å². The Morgan fingerprint density at radius 1 is 1.08 bits per heavy atom. The highest BCUT2D eigenvalue weighted by Gasteiger charge is 2.21. The Morgan fingerprint density at radius 3 is 2.38 bits per heavy atom. The summed E-state index contributed by atoms with van der Waals surface area (Å²) < 4.78 is 0. The van der Waals surface area contributed by atoms with E-state index in [0.717, 1.165) is 38.3 Å². The van der Waals surface area contributed by atoms with E-state index in [1.807, 2.05) is 4.90 Å². The summed E-state index contributed by atoms with van der Waals surface area (Å²) in [5.41, 5.74) is 2.19. The van der Waals surface area contributed by atoms with E-state index in [2.05, 4.69) is 21.7 Å². The summed E-state index contributed by atoms with van der Waals surface area (Å²) >= 11 is 1.70. The van der Waals surface area contributed by atoms with Crippen LogP contribution < -0.4 is 0 Å². The van der Waals surface area contributed by atoms with Gasteiger partial charge >= 0.3 is 0 Å². The molecule has 1 aromatic carbocycles. The molecule has 0 spiro atoms. The molecule has 1 saturated heterocycles. The number of nitro groups is 1. The summed E-state index contributed by atoms with van der Waals surface area (Å²) in [5.74, 6) is 0.0824. The van der Waals surface area contributed by atoms with Crippen LogP contribution in [0.2, 0.25) is 0 Å². The molecule has 0 aliphatic carbocycles. The van der Waals surface area contributed by atoms with E-state index < -0.39 is 4.92 Å². The molecule has 1 aromatic heterocycles. The minimum atomic E-state index is -0.432. The van der Waals surface area contributed by atoms with Crippen molar-refractivity contribution in [2.75, 3.05) is 26.2 Å². The first-order valence-corrected chi connectivity index (χ1v) is 8.80. The van der Waals surface area contributed by atoms with Crippen LogP contribution in [0.5, 0.6) is 0 Å². The lowest BCUT2D eigenvalue weighted by atomic mass is 10.1. The predicted octanol–water partition coefficient (Wildman–Crippen LogP) is 2.54. The van der Waals surface area contributed by atoms with Crippen molar-refractivity contribution >= 4 is 22.9 Å². The lowest BCUT2D eigenvalue weighted by Crippen LogP contribution is -2.48. The van der Waals surface area contributed by atoms with Crippen LogP contribution in [0.1, 0.15) is 11.1 Å². The van der Waals surface area contributed by atoms with Crippen LogP contribution in [0, 0.1) is 10.1 Å². The maximum absolute atomic E-state index is 12.4. The molecule has 2 aromatic rings. The number of piperazine rings is 1. The van der Waals surface area contributed by atoms with Crippen LogP contribution in [0.25, 0.3) is 0 Å².